The highest BCUT2D eigenvalue weighted by Gasteiger charge is 2.27. The molecule has 1 heterocycles. The van der Waals surface area contributed by atoms with Crippen LogP contribution < -0.4 is 15.0 Å². The van der Waals surface area contributed by atoms with Crippen molar-refractivity contribution in [2.75, 3.05) is 45.2 Å². The van der Waals surface area contributed by atoms with Gasteiger partial charge in [-0.1, -0.05) is 25.0 Å². The SMILES string of the molecule is COc1ccccc1N1CCC(CNC(=O)N(C)CC2CCCCC2O)C1. The van der Waals surface area contributed by atoms with Crippen molar-refractivity contribution in [2.24, 2.45) is 11.8 Å². The Hall–Kier alpha value is -1.95. The molecule has 0 bridgehead atoms. The number of benzene rings is 1. The third-order valence-corrected chi connectivity index (χ3v) is 5.98. The standard InChI is InChI=1S/C21H33N3O3/c1-23(15-17-7-3-5-9-19(17)25)21(26)22-13-16-11-12-24(14-16)18-8-4-6-10-20(18)27-2/h4,6,8,10,16-17,19,25H,3,5,7,9,11-15H2,1-2H3,(H,22,26). The molecule has 2 aliphatic rings. The lowest BCUT2D eigenvalue weighted by Crippen LogP contribution is -2.44. The maximum absolute atomic E-state index is 12.4. The number of carbonyl (C=O) groups excluding carboxylic acids is 1. The maximum Gasteiger partial charge on any atom is 0.317 e. The molecule has 1 saturated heterocycles. The van der Waals surface area contributed by atoms with Gasteiger partial charge in [-0.3, -0.25) is 0 Å². The number of amides is 2. The molecule has 0 aromatic heterocycles. The molecule has 3 atom stereocenters. The first-order valence-corrected chi connectivity index (χ1v) is 10.1. The van der Waals surface area contributed by atoms with Crippen LogP contribution in [0.5, 0.6) is 5.75 Å². The average Bonchev–Trinajstić information content (AvgIpc) is 3.16. The molecule has 2 fully saturated rings. The smallest absolute Gasteiger partial charge is 0.317 e. The summed E-state index contributed by atoms with van der Waals surface area (Å²) >= 11 is 0. The van der Waals surface area contributed by atoms with Crippen LogP contribution in [0.15, 0.2) is 24.3 Å². The fraction of sp³-hybridized carbons (Fsp3) is 0.667. The first-order chi connectivity index (χ1) is 13.1. The Morgan fingerprint density at radius 2 is 2.07 bits per heavy atom. The third kappa shape index (κ3) is 5.06. The van der Waals surface area contributed by atoms with Gasteiger partial charge in [0.1, 0.15) is 5.75 Å². The fourth-order valence-electron chi connectivity index (χ4n) is 4.31. The van der Waals surface area contributed by atoms with Crippen molar-refractivity contribution in [1.29, 1.82) is 0 Å². The molecule has 1 aromatic carbocycles. The summed E-state index contributed by atoms with van der Waals surface area (Å²) in [5, 5.41) is 13.2. The van der Waals surface area contributed by atoms with Gasteiger partial charge in [-0.25, -0.2) is 4.79 Å². The van der Waals surface area contributed by atoms with E-state index in [2.05, 4.69) is 16.3 Å². The molecule has 1 aromatic rings. The van der Waals surface area contributed by atoms with Crippen LogP contribution in [0.4, 0.5) is 10.5 Å². The number of para-hydroxylation sites is 2. The predicted octanol–water partition coefficient (Wildman–Crippen LogP) is 2.71. The predicted molar refractivity (Wildman–Crippen MR) is 107 cm³/mol. The molecule has 1 aliphatic carbocycles. The molecule has 6 heteroatoms. The van der Waals surface area contributed by atoms with Gasteiger partial charge < -0.3 is 25.0 Å². The highest BCUT2D eigenvalue weighted by atomic mass is 16.5. The Balaban J connectivity index is 1.44. The summed E-state index contributed by atoms with van der Waals surface area (Å²) < 4.78 is 5.46. The van der Waals surface area contributed by atoms with Crippen LogP contribution in [0, 0.1) is 11.8 Å². The second-order valence-corrected chi connectivity index (χ2v) is 7.95. The number of urea groups is 1. The zero-order valence-electron chi connectivity index (χ0n) is 16.6. The number of aliphatic hydroxyl groups is 1. The van der Waals surface area contributed by atoms with Crippen LogP contribution in [0.25, 0.3) is 0 Å². The summed E-state index contributed by atoms with van der Waals surface area (Å²) in [7, 11) is 3.53. The number of hydrogen-bond donors (Lipinski definition) is 2. The van der Waals surface area contributed by atoms with E-state index in [1.807, 2.05) is 25.2 Å². The van der Waals surface area contributed by atoms with Crippen LogP contribution in [-0.2, 0) is 0 Å². The van der Waals surface area contributed by atoms with E-state index in [0.29, 0.717) is 19.0 Å². The molecule has 3 unspecified atom stereocenters. The zero-order valence-corrected chi connectivity index (χ0v) is 16.6. The molecule has 3 rings (SSSR count). The number of ether oxygens (including phenoxy) is 1. The number of aliphatic hydroxyl groups excluding tert-OH is 1. The minimum Gasteiger partial charge on any atom is -0.495 e. The van der Waals surface area contributed by atoms with E-state index in [4.69, 9.17) is 4.74 Å². The van der Waals surface area contributed by atoms with Crippen molar-refractivity contribution in [3.05, 3.63) is 24.3 Å². The quantitative estimate of drug-likeness (QED) is 0.802. The molecule has 2 amide bonds. The summed E-state index contributed by atoms with van der Waals surface area (Å²) in [6.07, 6.45) is 4.91. The Morgan fingerprint density at radius 3 is 2.85 bits per heavy atom. The van der Waals surface area contributed by atoms with Crippen molar-refractivity contribution in [2.45, 2.75) is 38.2 Å². The maximum atomic E-state index is 12.4. The minimum absolute atomic E-state index is 0.0384. The van der Waals surface area contributed by atoms with Gasteiger partial charge in [-0.2, -0.15) is 0 Å². The molecule has 6 nitrogen and oxygen atoms in total. The molecule has 1 saturated carbocycles. The average molecular weight is 376 g/mol. The lowest BCUT2D eigenvalue weighted by atomic mass is 9.86. The van der Waals surface area contributed by atoms with Crippen LogP contribution in [0.2, 0.25) is 0 Å². The molecule has 150 valence electrons. The topological polar surface area (TPSA) is 65.0 Å². The molecular weight excluding hydrogens is 342 g/mol. The normalized spacial score (nSPS) is 25.3. The van der Waals surface area contributed by atoms with Gasteiger partial charge in [-0.05, 0) is 37.3 Å². The number of nitrogens with zero attached hydrogens (tertiary/aromatic N) is 2. The number of methoxy groups -OCH3 is 1. The monoisotopic (exact) mass is 375 g/mol. The van der Waals surface area contributed by atoms with Gasteiger partial charge in [0.15, 0.2) is 0 Å². The van der Waals surface area contributed by atoms with Gasteiger partial charge in [-0.15, -0.1) is 0 Å². The molecule has 2 N–H and O–H groups in total. The van der Waals surface area contributed by atoms with Gasteiger partial charge in [0.05, 0.1) is 18.9 Å². The van der Waals surface area contributed by atoms with Crippen LogP contribution in [0.1, 0.15) is 32.1 Å². The lowest BCUT2D eigenvalue weighted by molar-refractivity contribution is 0.0564. The molecular formula is C21H33N3O3. The summed E-state index contributed by atoms with van der Waals surface area (Å²) in [4.78, 5) is 16.5. The highest BCUT2D eigenvalue weighted by Crippen LogP contribution is 2.31. The second-order valence-electron chi connectivity index (χ2n) is 7.95. The van der Waals surface area contributed by atoms with E-state index in [0.717, 1.165) is 56.6 Å². The van der Waals surface area contributed by atoms with E-state index in [-0.39, 0.29) is 18.1 Å². The van der Waals surface area contributed by atoms with Gasteiger partial charge in [0.25, 0.3) is 0 Å². The summed E-state index contributed by atoms with van der Waals surface area (Å²) in [5.41, 5.74) is 1.12. The number of rotatable bonds is 6. The van der Waals surface area contributed by atoms with E-state index < -0.39 is 0 Å². The van der Waals surface area contributed by atoms with Gasteiger partial charge >= 0.3 is 6.03 Å². The van der Waals surface area contributed by atoms with Crippen LogP contribution >= 0.6 is 0 Å². The summed E-state index contributed by atoms with van der Waals surface area (Å²) in [6, 6.07) is 8.04. The summed E-state index contributed by atoms with van der Waals surface area (Å²) in [5.74, 6) is 1.54. The molecule has 1 aliphatic heterocycles. The third-order valence-electron chi connectivity index (χ3n) is 5.98. The van der Waals surface area contributed by atoms with Crippen molar-refractivity contribution in [3.63, 3.8) is 0 Å². The Morgan fingerprint density at radius 1 is 1.30 bits per heavy atom. The number of carbonyl (C=O) groups is 1. The largest absolute Gasteiger partial charge is 0.495 e. The lowest BCUT2D eigenvalue weighted by Gasteiger charge is -2.31. The minimum atomic E-state index is -0.266. The van der Waals surface area contributed by atoms with Crippen molar-refractivity contribution < 1.29 is 14.6 Å². The number of hydrogen-bond acceptors (Lipinski definition) is 4. The first-order valence-electron chi connectivity index (χ1n) is 10.1. The van der Waals surface area contributed by atoms with Gasteiger partial charge in [0.2, 0.25) is 0 Å². The summed E-state index contributed by atoms with van der Waals surface area (Å²) in [6.45, 7) is 3.21. The van der Waals surface area contributed by atoms with E-state index in [1.165, 1.54) is 0 Å². The van der Waals surface area contributed by atoms with E-state index in [1.54, 1.807) is 12.0 Å². The molecule has 0 spiro atoms. The van der Waals surface area contributed by atoms with Crippen molar-refractivity contribution in [1.82, 2.24) is 10.2 Å². The van der Waals surface area contributed by atoms with Crippen LogP contribution in [0.3, 0.4) is 0 Å². The molecule has 0 radical (unpaired) electrons. The van der Waals surface area contributed by atoms with Crippen molar-refractivity contribution >= 4 is 11.7 Å². The van der Waals surface area contributed by atoms with Crippen molar-refractivity contribution in [3.8, 4) is 5.75 Å². The highest BCUT2D eigenvalue weighted by molar-refractivity contribution is 5.73. The zero-order chi connectivity index (χ0) is 19.2. The Labute approximate surface area is 162 Å². The second kappa shape index (κ2) is 9.31. The Bertz CT molecular complexity index is 624. The first kappa shape index (κ1) is 19.8. The van der Waals surface area contributed by atoms with Crippen LogP contribution in [-0.4, -0.2) is 62.5 Å². The van der Waals surface area contributed by atoms with E-state index >= 15 is 0 Å². The fourth-order valence-corrected chi connectivity index (χ4v) is 4.31. The molecule has 27 heavy (non-hydrogen) atoms. The van der Waals surface area contributed by atoms with Gasteiger partial charge in [0, 0.05) is 39.1 Å². The Kier molecular flexibility index (Phi) is 6.83. The number of nitrogens with one attached hydrogen (secondary N) is 1. The van der Waals surface area contributed by atoms with E-state index in [9.17, 15) is 9.90 Å². The number of anilines is 1.